The average molecular weight is 406 g/mol. The van der Waals surface area contributed by atoms with Crippen molar-refractivity contribution in [2.24, 2.45) is 10.3 Å². The molecule has 0 radical (unpaired) electrons. The molecule has 2 aromatic rings. The number of aromatic nitrogens is 3. The second-order valence-electron chi connectivity index (χ2n) is 6.42. The zero-order valence-electron chi connectivity index (χ0n) is 14.9. The molecule has 0 spiro atoms. The third kappa shape index (κ3) is 4.16. The number of fused-ring (bicyclic) bond motifs is 1. The Morgan fingerprint density at radius 2 is 2.26 bits per heavy atom. The molecule has 3 heterocycles. The van der Waals surface area contributed by atoms with Gasteiger partial charge >= 0.3 is 0 Å². The standard InChI is InChI=1S/C17H20ClN7OS/c1-3-8-25-17-15(16(18)23-25)14(4-7-20-17)21-11-13-5-9-24(10-6-13)27(2,26)22-12-19/h1,4,7,13H,5-6,8-11H2,2H3,(H,20,21). The quantitative estimate of drug-likeness (QED) is 0.608. The van der Waals surface area contributed by atoms with Crippen LogP contribution in [0, 0.1) is 29.7 Å². The maximum Gasteiger partial charge on any atom is 0.215 e. The van der Waals surface area contributed by atoms with E-state index < -0.39 is 9.92 Å². The van der Waals surface area contributed by atoms with E-state index in [2.05, 4.69) is 25.7 Å². The molecule has 8 nitrogen and oxygen atoms in total. The minimum Gasteiger partial charge on any atom is -0.384 e. The van der Waals surface area contributed by atoms with Gasteiger partial charge < -0.3 is 5.32 Å². The van der Waals surface area contributed by atoms with Crippen LogP contribution in [0.4, 0.5) is 5.69 Å². The Morgan fingerprint density at radius 3 is 2.93 bits per heavy atom. The molecule has 3 rings (SSSR count). The first-order chi connectivity index (χ1) is 13.0. The maximum absolute atomic E-state index is 12.3. The highest BCUT2D eigenvalue weighted by Crippen LogP contribution is 2.29. The summed E-state index contributed by atoms with van der Waals surface area (Å²) in [6.45, 7) is 2.37. The highest BCUT2D eigenvalue weighted by molar-refractivity contribution is 7.90. The summed E-state index contributed by atoms with van der Waals surface area (Å²) >= 11 is 6.28. The number of halogens is 1. The van der Waals surface area contributed by atoms with Gasteiger partial charge in [-0.25, -0.2) is 18.2 Å². The van der Waals surface area contributed by atoms with Crippen LogP contribution in [0.2, 0.25) is 5.15 Å². The van der Waals surface area contributed by atoms with Gasteiger partial charge in [0.1, 0.15) is 16.5 Å². The monoisotopic (exact) mass is 405 g/mol. The number of hydrogen-bond acceptors (Lipinski definition) is 6. The minimum absolute atomic E-state index is 0.308. The molecule has 10 heteroatoms. The molecule has 1 N–H and O–H groups in total. The summed E-state index contributed by atoms with van der Waals surface area (Å²) < 4.78 is 19.3. The molecule has 27 heavy (non-hydrogen) atoms. The predicted octanol–water partition coefficient (Wildman–Crippen LogP) is 2.34. The molecule has 1 atom stereocenters. The second-order valence-corrected chi connectivity index (χ2v) is 9.00. The molecule has 0 bridgehead atoms. The van der Waals surface area contributed by atoms with Crippen LogP contribution in [0.5, 0.6) is 0 Å². The van der Waals surface area contributed by atoms with Crippen LogP contribution in [0.1, 0.15) is 12.8 Å². The summed E-state index contributed by atoms with van der Waals surface area (Å²) in [5, 5.41) is 17.5. The minimum atomic E-state index is -2.59. The van der Waals surface area contributed by atoms with Crippen molar-refractivity contribution in [2.45, 2.75) is 19.4 Å². The number of hydrogen-bond donors (Lipinski definition) is 1. The summed E-state index contributed by atoms with van der Waals surface area (Å²) in [4.78, 5) is 4.34. The molecule has 0 aromatic carbocycles. The predicted molar refractivity (Wildman–Crippen MR) is 106 cm³/mol. The fourth-order valence-electron chi connectivity index (χ4n) is 3.24. The lowest BCUT2D eigenvalue weighted by Crippen LogP contribution is -2.39. The fourth-order valence-corrected chi connectivity index (χ4v) is 4.67. The zero-order chi connectivity index (χ0) is 19.4. The van der Waals surface area contributed by atoms with E-state index in [4.69, 9.17) is 23.3 Å². The highest BCUT2D eigenvalue weighted by atomic mass is 35.5. The lowest BCUT2D eigenvalue weighted by molar-refractivity contribution is 0.291. The summed E-state index contributed by atoms with van der Waals surface area (Å²) in [7, 11) is -2.59. The van der Waals surface area contributed by atoms with Crippen molar-refractivity contribution in [3.8, 4) is 18.5 Å². The number of nitrogens with one attached hydrogen (secondary N) is 1. The molecular formula is C17H20ClN7OS. The molecule has 0 saturated carbocycles. The number of rotatable bonds is 5. The summed E-state index contributed by atoms with van der Waals surface area (Å²) in [5.41, 5.74) is 1.52. The van der Waals surface area contributed by atoms with Gasteiger partial charge in [-0.2, -0.15) is 10.4 Å². The summed E-state index contributed by atoms with van der Waals surface area (Å²) in [6.07, 6.45) is 12.0. The molecule has 1 aliphatic heterocycles. The lowest BCUT2D eigenvalue weighted by atomic mass is 9.98. The van der Waals surface area contributed by atoms with E-state index in [-0.39, 0.29) is 0 Å². The first-order valence-corrected chi connectivity index (χ1v) is 10.8. The lowest BCUT2D eigenvalue weighted by Gasteiger charge is -2.32. The molecule has 2 aromatic heterocycles. The Bertz CT molecular complexity index is 1030. The van der Waals surface area contributed by atoms with Crippen molar-refractivity contribution in [2.75, 3.05) is 31.2 Å². The van der Waals surface area contributed by atoms with Gasteiger partial charge in [-0.3, -0.25) is 0 Å². The number of nitriles is 1. The smallest absolute Gasteiger partial charge is 0.215 e. The van der Waals surface area contributed by atoms with E-state index in [1.54, 1.807) is 21.4 Å². The molecular weight excluding hydrogens is 386 g/mol. The van der Waals surface area contributed by atoms with Gasteiger partial charge in [0.25, 0.3) is 0 Å². The van der Waals surface area contributed by atoms with E-state index in [1.165, 1.54) is 6.26 Å². The van der Waals surface area contributed by atoms with Crippen molar-refractivity contribution in [1.29, 1.82) is 5.26 Å². The van der Waals surface area contributed by atoms with E-state index in [1.807, 2.05) is 6.07 Å². The van der Waals surface area contributed by atoms with Crippen LogP contribution in [0.25, 0.3) is 11.0 Å². The van der Waals surface area contributed by atoms with Gasteiger partial charge in [0.05, 0.1) is 5.39 Å². The fraction of sp³-hybridized carbons (Fsp3) is 0.471. The number of pyridine rings is 1. The van der Waals surface area contributed by atoms with Crippen LogP contribution in [-0.2, 0) is 16.5 Å². The molecule has 0 aliphatic carbocycles. The van der Waals surface area contributed by atoms with Gasteiger partial charge in [-0.15, -0.1) is 10.8 Å². The Balaban J connectivity index is 1.67. The molecule has 1 unspecified atom stereocenters. The van der Waals surface area contributed by atoms with Crippen LogP contribution in [-0.4, -0.2) is 49.2 Å². The Hall–Kier alpha value is -2.33. The Labute approximate surface area is 163 Å². The third-order valence-electron chi connectivity index (χ3n) is 4.68. The number of terminal acetylenes is 1. The number of piperidine rings is 1. The topological polar surface area (TPSA) is 99.2 Å². The van der Waals surface area contributed by atoms with Crippen LogP contribution >= 0.6 is 11.6 Å². The van der Waals surface area contributed by atoms with Crippen molar-refractivity contribution in [1.82, 2.24) is 19.1 Å². The molecule has 0 amide bonds. The normalized spacial score (nSPS) is 17.8. The Morgan fingerprint density at radius 1 is 1.52 bits per heavy atom. The van der Waals surface area contributed by atoms with Gasteiger partial charge in [0, 0.05) is 37.8 Å². The van der Waals surface area contributed by atoms with Gasteiger partial charge in [0.15, 0.2) is 10.8 Å². The van der Waals surface area contributed by atoms with Crippen molar-refractivity contribution < 1.29 is 4.21 Å². The Kier molecular flexibility index (Phi) is 5.85. The SMILES string of the molecule is C#CCn1nc(Cl)c2c(NCC3CCN(S(C)(=O)=NC#N)CC3)ccnc21. The summed E-state index contributed by atoms with van der Waals surface area (Å²) in [5.74, 6) is 2.96. The van der Waals surface area contributed by atoms with Crippen molar-refractivity contribution >= 4 is 38.2 Å². The molecule has 1 aliphatic rings. The van der Waals surface area contributed by atoms with Crippen molar-refractivity contribution in [3.05, 3.63) is 17.4 Å². The van der Waals surface area contributed by atoms with E-state index in [0.29, 0.717) is 36.4 Å². The van der Waals surface area contributed by atoms with Gasteiger partial charge in [0.2, 0.25) is 6.19 Å². The molecule has 1 fully saturated rings. The van der Waals surface area contributed by atoms with Crippen LogP contribution in [0.3, 0.4) is 0 Å². The van der Waals surface area contributed by atoms with E-state index >= 15 is 0 Å². The molecule has 142 valence electrons. The average Bonchev–Trinajstić information content (AvgIpc) is 2.97. The maximum atomic E-state index is 12.3. The van der Waals surface area contributed by atoms with Crippen LogP contribution < -0.4 is 5.32 Å². The second kappa shape index (κ2) is 8.13. The molecule has 1 saturated heterocycles. The van der Waals surface area contributed by atoms with E-state index in [9.17, 15) is 4.21 Å². The first-order valence-electron chi connectivity index (χ1n) is 8.50. The first kappa shape index (κ1) is 19.4. The van der Waals surface area contributed by atoms with Gasteiger partial charge in [-0.1, -0.05) is 17.5 Å². The zero-order valence-corrected chi connectivity index (χ0v) is 16.5. The van der Waals surface area contributed by atoms with Gasteiger partial charge in [-0.05, 0) is 24.8 Å². The summed E-state index contributed by atoms with van der Waals surface area (Å²) in [6, 6.07) is 1.87. The number of nitrogens with zero attached hydrogens (tertiary/aromatic N) is 6. The van der Waals surface area contributed by atoms with Crippen molar-refractivity contribution in [3.63, 3.8) is 0 Å². The van der Waals surface area contributed by atoms with Crippen LogP contribution in [0.15, 0.2) is 16.6 Å². The third-order valence-corrected chi connectivity index (χ3v) is 6.68. The van der Waals surface area contributed by atoms with E-state index in [0.717, 1.165) is 30.5 Å². The number of anilines is 1. The largest absolute Gasteiger partial charge is 0.384 e. The highest BCUT2D eigenvalue weighted by Gasteiger charge is 2.24.